The second-order valence-electron chi connectivity index (χ2n) is 5.79. The predicted molar refractivity (Wildman–Crippen MR) is 94.2 cm³/mol. The van der Waals surface area contributed by atoms with Crippen molar-refractivity contribution in [3.05, 3.63) is 52.3 Å². The van der Waals surface area contributed by atoms with Crippen LogP contribution in [-0.2, 0) is 6.54 Å². The SMILES string of the molecule is Cc1cccc(NC(=O)N(C)Cc2c(C)nc3sc(C)cn23)c1. The average molecular weight is 328 g/mol. The number of carbonyl (C=O) groups is 1. The maximum Gasteiger partial charge on any atom is 0.321 e. The van der Waals surface area contributed by atoms with Gasteiger partial charge in [0.05, 0.1) is 17.9 Å². The first-order chi connectivity index (χ1) is 10.9. The molecule has 0 fully saturated rings. The maximum atomic E-state index is 12.4. The topological polar surface area (TPSA) is 49.6 Å². The van der Waals surface area contributed by atoms with Crippen LogP contribution >= 0.6 is 11.3 Å². The highest BCUT2D eigenvalue weighted by molar-refractivity contribution is 7.17. The van der Waals surface area contributed by atoms with Crippen molar-refractivity contribution in [3.63, 3.8) is 0 Å². The number of hydrogen-bond donors (Lipinski definition) is 1. The molecule has 2 heterocycles. The first-order valence-electron chi connectivity index (χ1n) is 7.47. The van der Waals surface area contributed by atoms with E-state index in [0.29, 0.717) is 6.54 Å². The van der Waals surface area contributed by atoms with Gasteiger partial charge in [0.1, 0.15) is 0 Å². The number of hydrogen-bond acceptors (Lipinski definition) is 3. The summed E-state index contributed by atoms with van der Waals surface area (Å²) in [6.45, 7) is 6.56. The number of urea groups is 1. The summed E-state index contributed by atoms with van der Waals surface area (Å²) >= 11 is 1.66. The lowest BCUT2D eigenvalue weighted by atomic mass is 10.2. The number of fused-ring (bicyclic) bond motifs is 1. The fraction of sp³-hybridized carbons (Fsp3) is 0.294. The highest BCUT2D eigenvalue weighted by Crippen LogP contribution is 2.21. The summed E-state index contributed by atoms with van der Waals surface area (Å²) in [5.41, 5.74) is 3.94. The molecule has 0 radical (unpaired) electrons. The summed E-state index contributed by atoms with van der Waals surface area (Å²) in [5.74, 6) is 0. The molecule has 3 rings (SSSR count). The van der Waals surface area contributed by atoms with Crippen LogP contribution in [0.1, 0.15) is 21.8 Å². The van der Waals surface area contributed by atoms with Crippen molar-refractivity contribution in [2.75, 3.05) is 12.4 Å². The van der Waals surface area contributed by atoms with E-state index in [1.807, 2.05) is 38.1 Å². The van der Waals surface area contributed by atoms with Gasteiger partial charge in [0.15, 0.2) is 4.96 Å². The van der Waals surface area contributed by atoms with Crippen LogP contribution in [0.3, 0.4) is 0 Å². The molecule has 0 bridgehead atoms. The van der Waals surface area contributed by atoms with Crippen molar-refractivity contribution >= 4 is 28.0 Å². The van der Waals surface area contributed by atoms with Gasteiger partial charge >= 0.3 is 6.03 Å². The van der Waals surface area contributed by atoms with Gasteiger partial charge < -0.3 is 10.2 Å². The van der Waals surface area contributed by atoms with Gasteiger partial charge in [0.25, 0.3) is 0 Å². The number of nitrogens with zero attached hydrogens (tertiary/aromatic N) is 3. The average Bonchev–Trinajstić information content (AvgIpc) is 2.96. The van der Waals surface area contributed by atoms with Crippen molar-refractivity contribution in [3.8, 4) is 0 Å². The number of rotatable bonds is 3. The Morgan fingerprint density at radius 1 is 1.35 bits per heavy atom. The molecule has 1 aromatic carbocycles. The molecule has 1 N–H and O–H groups in total. The molecule has 5 nitrogen and oxygen atoms in total. The molecule has 0 aliphatic heterocycles. The fourth-order valence-electron chi connectivity index (χ4n) is 2.54. The van der Waals surface area contributed by atoms with Crippen LogP contribution in [0.15, 0.2) is 30.5 Å². The van der Waals surface area contributed by atoms with E-state index >= 15 is 0 Å². The standard InChI is InChI=1S/C17H20N4OS/c1-11-6-5-7-14(8-11)19-16(22)20(4)10-15-13(3)18-17-21(15)9-12(2)23-17/h5-9H,10H2,1-4H3,(H,19,22). The summed E-state index contributed by atoms with van der Waals surface area (Å²) in [5, 5.41) is 2.93. The summed E-state index contributed by atoms with van der Waals surface area (Å²) in [6, 6.07) is 7.66. The van der Waals surface area contributed by atoms with Gasteiger partial charge in [0.2, 0.25) is 0 Å². The van der Waals surface area contributed by atoms with Gasteiger partial charge in [-0.2, -0.15) is 0 Å². The van der Waals surface area contributed by atoms with Crippen LogP contribution in [0.2, 0.25) is 0 Å². The smallest absolute Gasteiger partial charge is 0.321 e. The number of carbonyl (C=O) groups excluding carboxylic acids is 1. The van der Waals surface area contributed by atoms with Crippen molar-refractivity contribution in [1.29, 1.82) is 0 Å². The first-order valence-corrected chi connectivity index (χ1v) is 8.28. The van der Waals surface area contributed by atoms with Gasteiger partial charge in [-0.1, -0.05) is 12.1 Å². The normalized spacial score (nSPS) is 11.0. The third kappa shape index (κ3) is 3.22. The number of benzene rings is 1. The maximum absolute atomic E-state index is 12.4. The molecule has 3 aromatic rings. The Kier molecular flexibility index (Phi) is 4.09. The van der Waals surface area contributed by atoms with Crippen LogP contribution < -0.4 is 5.32 Å². The molecule has 2 amide bonds. The lowest BCUT2D eigenvalue weighted by Gasteiger charge is -2.18. The van der Waals surface area contributed by atoms with Gasteiger partial charge in [-0.25, -0.2) is 9.78 Å². The van der Waals surface area contributed by atoms with Crippen molar-refractivity contribution in [2.45, 2.75) is 27.3 Å². The Morgan fingerprint density at radius 3 is 2.87 bits per heavy atom. The molecule has 23 heavy (non-hydrogen) atoms. The molecule has 120 valence electrons. The number of thiazole rings is 1. The number of amides is 2. The fourth-order valence-corrected chi connectivity index (χ4v) is 3.43. The third-order valence-electron chi connectivity index (χ3n) is 3.74. The molecule has 0 spiro atoms. The number of nitrogens with one attached hydrogen (secondary N) is 1. The Morgan fingerprint density at radius 2 is 2.13 bits per heavy atom. The summed E-state index contributed by atoms with van der Waals surface area (Å²) in [6.07, 6.45) is 2.07. The van der Waals surface area contributed by atoms with E-state index in [4.69, 9.17) is 0 Å². The predicted octanol–water partition coefficient (Wildman–Crippen LogP) is 3.98. The minimum atomic E-state index is -0.128. The minimum absolute atomic E-state index is 0.128. The molecule has 6 heteroatoms. The number of anilines is 1. The quantitative estimate of drug-likeness (QED) is 0.790. The zero-order chi connectivity index (χ0) is 16.6. The first kappa shape index (κ1) is 15.6. The zero-order valence-electron chi connectivity index (χ0n) is 13.8. The van der Waals surface area contributed by atoms with Gasteiger partial charge in [-0.15, -0.1) is 11.3 Å². The summed E-state index contributed by atoms with van der Waals surface area (Å²) in [7, 11) is 1.79. The van der Waals surface area contributed by atoms with Gasteiger partial charge in [0, 0.05) is 23.8 Å². The van der Waals surface area contributed by atoms with Crippen molar-refractivity contribution in [2.24, 2.45) is 0 Å². The van der Waals surface area contributed by atoms with E-state index in [1.165, 1.54) is 4.88 Å². The number of aryl methyl sites for hydroxylation is 3. The van der Waals surface area contributed by atoms with E-state index in [-0.39, 0.29) is 6.03 Å². The highest BCUT2D eigenvalue weighted by Gasteiger charge is 2.16. The van der Waals surface area contributed by atoms with Crippen LogP contribution in [0, 0.1) is 20.8 Å². The van der Waals surface area contributed by atoms with Crippen molar-refractivity contribution in [1.82, 2.24) is 14.3 Å². The van der Waals surface area contributed by atoms with Crippen LogP contribution in [0.25, 0.3) is 4.96 Å². The minimum Gasteiger partial charge on any atom is -0.322 e. The molecule has 0 saturated heterocycles. The van der Waals surface area contributed by atoms with Crippen LogP contribution in [-0.4, -0.2) is 27.4 Å². The van der Waals surface area contributed by atoms with E-state index in [1.54, 1.807) is 23.3 Å². The molecule has 0 aliphatic carbocycles. The molecule has 2 aromatic heterocycles. The van der Waals surface area contributed by atoms with Gasteiger partial charge in [-0.05, 0) is 38.5 Å². The van der Waals surface area contributed by atoms with E-state index in [2.05, 4.69) is 27.8 Å². The molecular weight excluding hydrogens is 308 g/mol. The number of aromatic nitrogens is 2. The largest absolute Gasteiger partial charge is 0.322 e. The molecule has 0 unspecified atom stereocenters. The monoisotopic (exact) mass is 328 g/mol. The van der Waals surface area contributed by atoms with Gasteiger partial charge in [-0.3, -0.25) is 4.40 Å². The number of imidazole rings is 1. The Bertz CT molecular complexity index is 865. The molecular formula is C17H20N4OS. The Hall–Kier alpha value is -2.34. The molecule has 0 atom stereocenters. The Balaban J connectivity index is 1.76. The third-order valence-corrected chi connectivity index (χ3v) is 4.64. The second kappa shape index (κ2) is 6.04. The summed E-state index contributed by atoms with van der Waals surface area (Å²) in [4.78, 5) is 20.8. The van der Waals surface area contributed by atoms with E-state index in [9.17, 15) is 4.79 Å². The molecule has 0 saturated carbocycles. The molecule has 0 aliphatic rings. The van der Waals surface area contributed by atoms with E-state index < -0.39 is 0 Å². The summed E-state index contributed by atoms with van der Waals surface area (Å²) < 4.78 is 2.08. The van der Waals surface area contributed by atoms with Crippen LogP contribution in [0.5, 0.6) is 0 Å². The second-order valence-corrected chi connectivity index (χ2v) is 7.01. The van der Waals surface area contributed by atoms with E-state index in [0.717, 1.165) is 27.6 Å². The lowest BCUT2D eigenvalue weighted by Crippen LogP contribution is -2.31. The highest BCUT2D eigenvalue weighted by atomic mass is 32.1. The van der Waals surface area contributed by atoms with Crippen molar-refractivity contribution < 1.29 is 4.79 Å². The zero-order valence-corrected chi connectivity index (χ0v) is 14.6. The lowest BCUT2D eigenvalue weighted by molar-refractivity contribution is 0.220. The van der Waals surface area contributed by atoms with Crippen LogP contribution in [0.4, 0.5) is 10.5 Å². The Labute approximate surface area is 139 Å².